The van der Waals surface area contributed by atoms with Crippen LogP contribution in [0.25, 0.3) is 21.7 Å². The average molecular weight is 210 g/mol. The molecule has 0 saturated carbocycles. The Hall–Kier alpha value is -2.09. The normalized spacial score (nSPS) is 10.8. The molecule has 2 aromatic carbocycles. The number of para-hydroxylation sites is 1. The lowest BCUT2D eigenvalue weighted by Gasteiger charge is -2.01. The van der Waals surface area contributed by atoms with Gasteiger partial charge in [-0.3, -0.25) is 4.84 Å². The number of rotatable bonds is 1. The third kappa shape index (κ3) is 1.23. The standard InChI is InChI=1S/C14H12NO/c1-16-15-10-11-6-2-3-7-12(11)13-8-4-5-9-14(13)15/h2-10H,1H3/q+1. The molecule has 0 N–H and O–H groups in total. The van der Waals surface area contributed by atoms with E-state index in [9.17, 15) is 0 Å². The smallest absolute Gasteiger partial charge is 0.265 e. The molecule has 0 aliphatic rings. The van der Waals surface area contributed by atoms with E-state index in [1.165, 1.54) is 16.2 Å². The third-order valence-corrected chi connectivity index (χ3v) is 2.85. The van der Waals surface area contributed by atoms with E-state index in [1.807, 2.05) is 18.3 Å². The lowest BCUT2D eigenvalue weighted by atomic mass is 10.1. The summed E-state index contributed by atoms with van der Waals surface area (Å²) in [7, 11) is 1.68. The van der Waals surface area contributed by atoms with E-state index < -0.39 is 0 Å². The predicted molar refractivity (Wildman–Crippen MR) is 64.2 cm³/mol. The monoisotopic (exact) mass is 210 g/mol. The van der Waals surface area contributed by atoms with Crippen LogP contribution in [0.4, 0.5) is 0 Å². The van der Waals surface area contributed by atoms with Crippen LogP contribution in [-0.4, -0.2) is 7.11 Å². The number of pyridine rings is 1. The highest BCUT2D eigenvalue weighted by Crippen LogP contribution is 2.21. The number of hydrogen-bond donors (Lipinski definition) is 0. The van der Waals surface area contributed by atoms with Crippen LogP contribution in [0.3, 0.4) is 0 Å². The summed E-state index contributed by atoms with van der Waals surface area (Å²) < 4.78 is 1.80. The van der Waals surface area contributed by atoms with Gasteiger partial charge >= 0.3 is 0 Å². The minimum Gasteiger partial charge on any atom is -0.274 e. The molecule has 78 valence electrons. The van der Waals surface area contributed by atoms with Crippen molar-refractivity contribution in [1.29, 1.82) is 0 Å². The van der Waals surface area contributed by atoms with Gasteiger partial charge in [-0.2, -0.15) is 0 Å². The van der Waals surface area contributed by atoms with Crippen molar-refractivity contribution < 1.29 is 9.57 Å². The summed E-state index contributed by atoms with van der Waals surface area (Å²) in [6.07, 6.45) is 2.01. The topological polar surface area (TPSA) is 13.1 Å². The molecule has 0 aliphatic carbocycles. The molecule has 0 atom stereocenters. The van der Waals surface area contributed by atoms with Gasteiger partial charge in [0.15, 0.2) is 0 Å². The second kappa shape index (κ2) is 3.49. The first-order valence-electron chi connectivity index (χ1n) is 5.27. The molecule has 3 rings (SSSR count). The molecule has 0 unspecified atom stereocenters. The lowest BCUT2D eigenvalue weighted by molar-refractivity contribution is -0.864. The van der Waals surface area contributed by atoms with Crippen molar-refractivity contribution in [2.45, 2.75) is 0 Å². The maximum Gasteiger partial charge on any atom is 0.265 e. The van der Waals surface area contributed by atoms with Crippen LogP contribution >= 0.6 is 0 Å². The highest BCUT2D eigenvalue weighted by Gasteiger charge is 2.12. The molecule has 0 aliphatic heterocycles. The van der Waals surface area contributed by atoms with Crippen molar-refractivity contribution in [3.63, 3.8) is 0 Å². The summed E-state index contributed by atoms with van der Waals surface area (Å²) in [5.41, 5.74) is 1.09. The molecule has 0 amide bonds. The molecule has 0 bridgehead atoms. The lowest BCUT2D eigenvalue weighted by Crippen LogP contribution is -2.40. The quantitative estimate of drug-likeness (QED) is 0.444. The van der Waals surface area contributed by atoms with Crippen LogP contribution < -0.4 is 9.57 Å². The Kier molecular flexibility index (Phi) is 2.00. The molecule has 2 nitrogen and oxygen atoms in total. The van der Waals surface area contributed by atoms with Gasteiger partial charge in [-0.15, -0.1) is 0 Å². The number of aromatic nitrogens is 1. The van der Waals surface area contributed by atoms with E-state index >= 15 is 0 Å². The molecule has 3 aromatic rings. The largest absolute Gasteiger partial charge is 0.274 e. The fraction of sp³-hybridized carbons (Fsp3) is 0.0714. The number of hydrogen-bond acceptors (Lipinski definition) is 1. The maximum absolute atomic E-state index is 5.35. The van der Waals surface area contributed by atoms with Gasteiger partial charge in [0, 0.05) is 16.2 Å². The molecule has 1 aromatic heterocycles. The van der Waals surface area contributed by atoms with Gasteiger partial charge in [-0.05, 0) is 12.1 Å². The van der Waals surface area contributed by atoms with Crippen LogP contribution in [-0.2, 0) is 0 Å². The Bertz CT molecular complexity index is 661. The summed E-state index contributed by atoms with van der Waals surface area (Å²) in [6, 6.07) is 16.6. The van der Waals surface area contributed by atoms with Crippen LogP contribution in [0.1, 0.15) is 0 Å². The third-order valence-electron chi connectivity index (χ3n) is 2.85. The van der Waals surface area contributed by atoms with Gasteiger partial charge in [-0.1, -0.05) is 30.3 Å². The van der Waals surface area contributed by atoms with Crippen LogP contribution in [0.15, 0.2) is 54.7 Å². The fourth-order valence-corrected chi connectivity index (χ4v) is 2.10. The Morgan fingerprint density at radius 3 is 2.38 bits per heavy atom. The zero-order valence-corrected chi connectivity index (χ0v) is 9.05. The molecular formula is C14H12NO+. The minimum atomic E-state index is 1.09. The highest BCUT2D eigenvalue weighted by molar-refractivity contribution is 6.03. The second-order valence-corrected chi connectivity index (χ2v) is 3.74. The van der Waals surface area contributed by atoms with Crippen molar-refractivity contribution in [2.75, 3.05) is 7.11 Å². The zero-order chi connectivity index (χ0) is 11.0. The molecular weight excluding hydrogens is 198 g/mol. The molecule has 0 fully saturated rings. The van der Waals surface area contributed by atoms with Gasteiger partial charge in [0.1, 0.15) is 7.11 Å². The SMILES string of the molecule is CO[n+]1cc2ccccc2c2ccccc21. The van der Waals surface area contributed by atoms with Gasteiger partial charge in [0.25, 0.3) is 5.52 Å². The Labute approximate surface area is 93.7 Å². The van der Waals surface area contributed by atoms with Crippen molar-refractivity contribution in [3.05, 3.63) is 54.7 Å². The molecule has 0 radical (unpaired) electrons. The Morgan fingerprint density at radius 1 is 0.875 bits per heavy atom. The highest BCUT2D eigenvalue weighted by atomic mass is 16.6. The molecule has 0 saturated heterocycles. The van der Waals surface area contributed by atoms with E-state index in [4.69, 9.17) is 4.84 Å². The summed E-state index contributed by atoms with van der Waals surface area (Å²) >= 11 is 0. The van der Waals surface area contributed by atoms with Gasteiger partial charge in [0.2, 0.25) is 6.20 Å². The van der Waals surface area contributed by atoms with E-state index in [1.54, 1.807) is 11.8 Å². The first-order chi connectivity index (χ1) is 7.90. The minimum absolute atomic E-state index is 1.09. The summed E-state index contributed by atoms with van der Waals surface area (Å²) in [4.78, 5) is 5.35. The summed E-state index contributed by atoms with van der Waals surface area (Å²) in [5, 5.41) is 3.65. The first-order valence-corrected chi connectivity index (χ1v) is 5.27. The molecule has 1 heterocycles. The maximum atomic E-state index is 5.35. The Balaban J connectivity index is 2.57. The number of benzene rings is 2. The van der Waals surface area contributed by atoms with Crippen molar-refractivity contribution in [2.24, 2.45) is 0 Å². The van der Waals surface area contributed by atoms with Gasteiger partial charge in [0.05, 0.1) is 10.8 Å². The summed E-state index contributed by atoms with van der Waals surface area (Å²) in [5.74, 6) is 0. The number of fused-ring (bicyclic) bond motifs is 3. The fourth-order valence-electron chi connectivity index (χ4n) is 2.10. The van der Waals surface area contributed by atoms with Gasteiger partial charge < -0.3 is 0 Å². The average Bonchev–Trinajstić information content (AvgIpc) is 2.38. The van der Waals surface area contributed by atoms with Crippen molar-refractivity contribution in [1.82, 2.24) is 0 Å². The zero-order valence-electron chi connectivity index (χ0n) is 9.05. The van der Waals surface area contributed by atoms with Crippen molar-refractivity contribution in [3.8, 4) is 0 Å². The van der Waals surface area contributed by atoms with E-state index in [-0.39, 0.29) is 0 Å². The van der Waals surface area contributed by atoms with E-state index in [0.29, 0.717) is 0 Å². The number of nitrogens with zero attached hydrogens (tertiary/aromatic N) is 1. The second-order valence-electron chi connectivity index (χ2n) is 3.74. The van der Waals surface area contributed by atoms with Crippen LogP contribution in [0.5, 0.6) is 0 Å². The first kappa shape index (κ1) is 9.16. The Morgan fingerprint density at radius 2 is 1.56 bits per heavy atom. The predicted octanol–water partition coefficient (Wildman–Crippen LogP) is 2.34. The van der Waals surface area contributed by atoms with E-state index in [0.717, 1.165) is 5.52 Å². The molecule has 2 heteroatoms. The molecule has 0 spiro atoms. The van der Waals surface area contributed by atoms with Gasteiger partial charge in [-0.25, -0.2) is 0 Å². The molecule has 16 heavy (non-hydrogen) atoms. The van der Waals surface area contributed by atoms with Crippen molar-refractivity contribution >= 4 is 21.7 Å². The summed E-state index contributed by atoms with van der Waals surface area (Å²) in [6.45, 7) is 0. The van der Waals surface area contributed by atoms with Crippen LogP contribution in [0.2, 0.25) is 0 Å². The van der Waals surface area contributed by atoms with E-state index in [2.05, 4.69) is 36.4 Å². The van der Waals surface area contributed by atoms with Crippen LogP contribution in [0, 0.1) is 0 Å².